The van der Waals surface area contributed by atoms with Gasteiger partial charge in [-0.25, -0.2) is 9.37 Å². The van der Waals surface area contributed by atoms with Crippen LogP contribution in [0, 0.1) is 5.82 Å². The predicted octanol–water partition coefficient (Wildman–Crippen LogP) is 4.76. The van der Waals surface area contributed by atoms with Crippen molar-refractivity contribution in [3.8, 4) is 11.3 Å². The topological polar surface area (TPSA) is 71.0 Å². The molecule has 0 unspecified atom stereocenters. The number of aromatic nitrogens is 3. The summed E-state index contributed by atoms with van der Waals surface area (Å²) in [6.07, 6.45) is 7.64. The van der Waals surface area contributed by atoms with Gasteiger partial charge in [0, 0.05) is 34.4 Å². The molecule has 5 rings (SSSR count). The molecule has 1 saturated heterocycles. The molecule has 7 heteroatoms. The minimum atomic E-state index is -0.360. The molecule has 2 aromatic heterocycles. The summed E-state index contributed by atoms with van der Waals surface area (Å²) in [6, 6.07) is 14.0. The first-order valence-corrected chi connectivity index (χ1v) is 11.5. The maximum Gasteiger partial charge on any atom is 0.168 e. The molecule has 2 aromatic carbocycles. The summed E-state index contributed by atoms with van der Waals surface area (Å²) in [5.74, 6) is 0.329. The van der Waals surface area contributed by atoms with Crippen LogP contribution >= 0.6 is 0 Å². The molecule has 0 atom stereocenters. The fourth-order valence-corrected chi connectivity index (χ4v) is 4.28. The van der Waals surface area contributed by atoms with Gasteiger partial charge in [-0.1, -0.05) is 12.1 Å². The van der Waals surface area contributed by atoms with Crippen LogP contribution in [0.3, 0.4) is 0 Å². The first-order valence-electron chi connectivity index (χ1n) is 11.5. The van der Waals surface area contributed by atoms with Gasteiger partial charge in [0.1, 0.15) is 11.6 Å². The number of anilines is 1. The van der Waals surface area contributed by atoms with E-state index >= 15 is 0 Å². The van der Waals surface area contributed by atoms with E-state index in [2.05, 4.69) is 27.2 Å². The molecule has 34 heavy (non-hydrogen) atoms. The summed E-state index contributed by atoms with van der Waals surface area (Å²) in [4.78, 5) is 28.6. The molecule has 0 saturated carbocycles. The van der Waals surface area contributed by atoms with Crippen LogP contribution in [-0.2, 0) is 6.42 Å². The molecule has 0 spiro atoms. The van der Waals surface area contributed by atoms with Gasteiger partial charge in [-0.3, -0.25) is 14.8 Å². The summed E-state index contributed by atoms with van der Waals surface area (Å²) in [7, 11) is 2.15. The number of piperidine rings is 1. The van der Waals surface area contributed by atoms with Crippen LogP contribution in [0.15, 0.2) is 67.1 Å². The summed E-state index contributed by atoms with van der Waals surface area (Å²) in [6.45, 7) is 2.16. The molecule has 0 amide bonds. The maximum atomic E-state index is 13.1. The Morgan fingerprint density at radius 3 is 2.62 bits per heavy atom. The van der Waals surface area contributed by atoms with E-state index in [1.807, 2.05) is 24.3 Å². The Morgan fingerprint density at radius 1 is 1.03 bits per heavy atom. The number of benzene rings is 2. The fraction of sp³-hybridized carbons (Fsp3) is 0.259. The standard InChI is InChI=1S/C27H26FN5O/c1-33-10-8-23(9-11-33)31-27-17-29-16-25(32-27)19-2-3-20-15-30-24(13-21(20)12-19)14-26(34)18-4-6-22(28)7-5-18/h2-7,12-13,15-17,23H,8-11,14H2,1H3,(H,31,32). The van der Waals surface area contributed by atoms with Gasteiger partial charge < -0.3 is 10.2 Å². The van der Waals surface area contributed by atoms with E-state index in [4.69, 9.17) is 4.98 Å². The number of fused-ring (bicyclic) bond motifs is 1. The van der Waals surface area contributed by atoms with E-state index < -0.39 is 0 Å². The largest absolute Gasteiger partial charge is 0.366 e. The monoisotopic (exact) mass is 455 g/mol. The van der Waals surface area contributed by atoms with Crippen LogP contribution in [0.5, 0.6) is 0 Å². The second-order valence-electron chi connectivity index (χ2n) is 8.86. The van der Waals surface area contributed by atoms with Crippen LogP contribution in [0.4, 0.5) is 10.2 Å². The van der Waals surface area contributed by atoms with E-state index in [1.54, 1.807) is 18.6 Å². The van der Waals surface area contributed by atoms with Crippen LogP contribution < -0.4 is 5.32 Å². The predicted molar refractivity (Wildman–Crippen MR) is 131 cm³/mol. The highest BCUT2D eigenvalue weighted by molar-refractivity contribution is 5.97. The van der Waals surface area contributed by atoms with Crippen molar-refractivity contribution < 1.29 is 9.18 Å². The Kier molecular flexibility index (Phi) is 6.27. The van der Waals surface area contributed by atoms with Crippen molar-refractivity contribution in [2.24, 2.45) is 0 Å². The van der Waals surface area contributed by atoms with Gasteiger partial charge >= 0.3 is 0 Å². The van der Waals surface area contributed by atoms with E-state index in [0.29, 0.717) is 17.3 Å². The van der Waals surface area contributed by atoms with Gasteiger partial charge in [0.15, 0.2) is 5.78 Å². The number of hydrogen-bond donors (Lipinski definition) is 1. The molecule has 172 valence electrons. The number of halogens is 1. The lowest BCUT2D eigenvalue weighted by Gasteiger charge is -2.29. The van der Waals surface area contributed by atoms with Crippen molar-refractivity contribution in [1.82, 2.24) is 19.9 Å². The van der Waals surface area contributed by atoms with Crippen molar-refractivity contribution in [2.45, 2.75) is 25.3 Å². The first-order chi connectivity index (χ1) is 16.5. The number of likely N-dealkylation sites (tertiary alicyclic amines) is 1. The van der Waals surface area contributed by atoms with Gasteiger partial charge in [0.2, 0.25) is 0 Å². The molecule has 1 fully saturated rings. The van der Waals surface area contributed by atoms with Crippen LogP contribution in [0.25, 0.3) is 22.0 Å². The van der Waals surface area contributed by atoms with E-state index in [1.165, 1.54) is 24.3 Å². The summed E-state index contributed by atoms with van der Waals surface area (Å²) >= 11 is 0. The Balaban J connectivity index is 1.35. The van der Waals surface area contributed by atoms with Gasteiger partial charge in [-0.15, -0.1) is 0 Å². The Labute approximate surface area is 197 Å². The lowest BCUT2D eigenvalue weighted by molar-refractivity contribution is 0.0992. The van der Waals surface area contributed by atoms with Crippen molar-refractivity contribution in [3.05, 3.63) is 84.2 Å². The molecular formula is C27H26FN5O. The first kappa shape index (κ1) is 22.1. The zero-order chi connectivity index (χ0) is 23.5. The zero-order valence-corrected chi connectivity index (χ0v) is 19.0. The lowest BCUT2D eigenvalue weighted by atomic mass is 10.0. The zero-order valence-electron chi connectivity index (χ0n) is 19.0. The van der Waals surface area contributed by atoms with E-state index in [-0.39, 0.29) is 18.0 Å². The Morgan fingerprint density at radius 2 is 1.82 bits per heavy atom. The molecule has 0 bridgehead atoms. The Hall–Kier alpha value is -3.71. The fourth-order valence-electron chi connectivity index (χ4n) is 4.28. The van der Waals surface area contributed by atoms with Crippen LogP contribution in [-0.4, -0.2) is 51.8 Å². The summed E-state index contributed by atoms with van der Waals surface area (Å²) in [5.41, 5.74) is 2.89. The molecule has 1 aliphatic rings. The maximum absolute atomic E-state index is 13.1. The summed E-state index contributed by atoms with van der Waals surface area (Å²) < 4.78 is 13.1. The number of ketones is 1. The number of nitrogens with one attached hydrogen (secondary N) is 1. The Bertz CT molecular complexity index is 1320. The normalized spacial score (nSPS) is 14.9. The highest BCUT2D eigenvalue weighted by atomic mass is 19.1. The number of rotatable bonds is 6. The molecular weight excluding hydrogens is 429 g/mol. The number of Topliss-reactive ketones (excluding diaryl/α,β-unsaturated/α-hetero) is 1. The molecule has 4 aromatic rings. The van der Waals surface area contributed by atoms with Crippen LogP contribution in [0.1, 0.15) is 28.9 Å². The van der Waals surface area contributed by atoms with Gasteiger partial charge in [-0.05, 0) is 74.8 Å². The van der Waals surface area contributed by atoms with Crippen molar-refractivity contribution in [2.75, 3.05) is 25.5 Å². The second-order valence-corrected chi connectivity index (χ2v) is 8.86. The van der Waals surface area contributed by atoms with E-state index in [0.717, 1.165) is 53.8 Å². The van der Waals surface area contributed by atoms with Crippen molar-refractivity contribution >= 4 is 22.4 Å². The molecule has 0 radical (unpaired) electrons. The number of carbonyl (C=O) groups is 1. The highest BCUT2D eigenvalue weighted by Gasteiger charge is 2.17. The van der Waals surface area contributed by atoms with Gasteiger partial charge in [0.05, 0.1) is 24.5 Å². The molecule has 1 N–H and O–H groups in total. The molecule has 0 aliphatic carbocycles. The number of pyridine rings is 1. The minimum absolute atomic E-state index is 0.0958. The van der Waals surface area contributed by atoms with Gasteiger partial charge in [-0.2, -0.15) is 0 Å². The van der Waals surface area contributed by atoms with Crippen molar-refractivity contribution in [1.29, 1.82) is 0 Å². The van der Waals surface area contributed by atoms with Crippen LogP contribution in [0.2, 0.25) is 0 Å². The second kappa shape index (κ2) is 9.65. The van der Waals surface area contributed by atoms with Crippen molar-refractivity contribution in [3.63, 3.8) is 0 Å². The summed E-state index contributed by atoms with van der Waals surface area (Å²) in [5, 5.41) is 5.49. The smallest absolute Gasteiger partial charge is 0.168 e. The van der Waals surface area contributed by atoms with E-state index in [9.17, 15) is 9.18 Å². The average molecular weight is 456 g/mol. The SMILES string of the molecule is CN1CCC(Nc2cncc(-c3ccc4cnc(CC(=O)c5ccc(F)cc5)cc4c3)n2)CC1. The number of carbonyl (C=O) groups excluding carboxylic acids is 1. The highest BCUT2D eigenvalue weighted by Crippen LogP contribution is 2.25. The average Bonchev–Trinajstić information content (AvgIpc) is 2.85. The molecule has 1 aliphatic heterocycles. The van der Waals surface area contributed by atoms with Gasteiger partial charge in [0.25, 0.3) is 0 Å². The molecule has 3 heterocycles. The third kappa shape index (κ3) is 5.10. The third-order valence-electron chi connectivity index (χ3n) is 6.29. The lowest BCUT2D eigenvalue weighted by Crippen LogP contribution is -2.36. The number of hydrogen-bond acceptors (Lipinski definition) is 6. The third-order valence-corrected chi connectivity index (χ3v) is 6.29. The quantitative estimate of drug-likeness (QED) is 0.423. The molecule has 6 nitrogen and oxygen atoms in total. The minimum Gasteiger partial charge on any atom is -0.366 e. The number of nitrogens with zero attached hydrogens (tertiary/aromatic N) is 4.